The second-order valence-electron chi connectivity index (χ2n) is 6.67. The average molecular weight is 238 g/mol. The number of morpholine rings is 1. The molecule has 0 spiro atoms. The maximum Gasteiger partial charge on any atom is 0.0753 e. The minimum Gasteiger partial charge on any atom is -0.373 e. The fraction of sp³-hybridized carbons (Fsp3) is 1.00. The largest absolute Gasteiger partial charge is 0.373 e. The monoisotopic (exact) mass is 238 g/mol. The molecule has 3 fully saturated rings. The van der Waals surface area contributed by atoms with Crippen LogP contribution in [-0.4, -0.2) is 48.8 Å². The molecule has 3 aliphatic rings. The van der Waals surface area contributed by atoms with Crippen molar-refractivity contribution in [3.8, 4) is 0 Å². The van der Waals surface area contributed by atoms with Gasteiger partial charge < -0.3 is 10.1 Å². The molecular formula is C14H26N2O. The van der Waals surface area contributed by atoms with Gasteiger partial charge in [-0.05, 0) is 52.0 Å². The summed E-state index contributed by atoms with van der Waals surface area (Å²) in [6.07, 6.45) is 5.62. The molecule has 1 heterocycles. The van der Waals surface area contributed by atoms with Crippen LogP contribution in [0.2, 0.25) is 0 Å². The van der Waals surface area contributed by atoms with E-state index in [-0.39, 0.29) is 5.60 Å². The Hall–Kier alpha value is -0.120. The Kier molecular flexibility index (Phi) is 3.18. The van der Waals surface area contributed by atoms with Gasteiger partial charge in [-0.1, -0.05) is 0 Å². The van der Waals surface area contributed by atoms with Gasteiger partial charge in [0.2, 0.25) is 0 Å². The number of rotatable bonds is 4. The van der Waals surface area contributed by atoms with Crippen molar-refractivity contribution in [3.05, 3.63) is 0 Å². The predicted octanol–water partition coefficient (Wildman–Crippen LogP) is 1.63. The zero-order valence-electron chi connectivity index (χ0n) is 11.2. The summed E-state index contributed by atoms with van der Waals surface area (Å²) in [6.45, 7) is 8.83. The van der Waals surface area contributed by atoms with Crippen molar-refractivity contribution in [3.63, 3.8) is 0 Å². The van der Waals surface area contributed by atoms with Crippen LogP contribution in [-0.2, 0) is 4.74 Å². The SMILES string of the molecule is CC1(C)CN(C2CCC2CNC2CC2)CCO1. The third kappa shape index (κ3) is 2.83. The molecule has 0 aromatic heterocycles. The average Bonchev–Trinajstić information content (AvgIpc) is 2.98. The Morgan fingerprint density at radius 1 is 1.24 bits per heavy atom. The van der Waals surface area contributed by atoms with Crippen LogP contribution in [0.4, 0.5) is 0 Å². The van der Waals surface area contributed by atoms with E-state index >= 15 is 0 Å². The van der Waals surface area contributed by atoms with Crippen molar-refractivity contribution >= 4 is 0 Å². The lowest BCUT2D eigenvalue weighted by Gasteiger charge is -2.49. The molecule has 3 nitrogen and oxygen atoms in total. The number of hydrogen-bond donors (Lipinski definition) is 1. The molecule has 0 aromatic rings. The molecule has 2 aliphatic carbocycles. The van der Waals surface area contributed by atoms with Crippen LogP contribution >= 0.6 is 0 Å². The molecule has 0 radical (unpaired) electrons. The van der Waals surface area contributed by atoms with Crippen LogP contribution in [0, 0.1) is 5.92 Å². The summed E-state index contributed by atoms with van der Waals surface area (Å²) >= 11 is 0. The van der Waals surface area contributed by atoms with Crippen LogP contribution in [0.1, 0.15) is 39.5 Å². The maximum absolute atomic E-state index is 5.80. The Morgan fingerprint density at radius 3 is 2.65 bits per heavy atom. The highest BCUT2D eigenvalue weighted by Gasteiger charge is 2.39. The van der Waals surface area contributed by atoms with Gasteiger partial charge in [0.15, 0.2) is 0 Å². The fourth-order valence-electron chi connectivity index (χ4n) is 3.21. The lowest BCUT2D eigenvalue weighted by Crippen LogP contribution is -2.58. The minimum atomic E-state index is 0.0578. The summed E-state index contributed by atoms with van der Waals surface area (Å²) in [7, 11) is 0. The van der Waals surface area contributed by atoms with Crippen molar-refractivity contribution in [2.45, 2.75) is 57.2 Å². The van der Waals surface area contributed by atoms with Gasteiger partial charge in [-0.3, -0.25) is 4.90 Å². The molecular weight excluding hydrogens is 212 g/mol. The first-order valence-corrected chi connectivity index (χ1v) is 7.25. The van der Waals surface area contributed by atoms with Gasteiger partial charge in [-0.2, -0.15) is 0 Å². The van der Waals surface area contributed by atoms with E-state index in [4.69, 9.17) is 4.74 Å². The van der Waals surface area contributed by atoms with Crippen molar-refractivity contribution < 1.29 is 4.74 Å². The van der Waals surface area contributed by atoms with Crippen LogP contribution in [0.25, 0.3) is 0 Å². The number of nitrogens with one attached hydrogen (secondary N) is 1. The van der Waals surface area contributed by atoms with Gasteiger partial charge in [0, 0.05) is 25.2 Å². The number of ether oxygens (including phenoxy) is 1. The summed E-state index contributed by atoms with van der Waals surface area (Å²) < 4.78 is 5.80. The summed E-state index contributed by atoms with van der Waals surface area (Å²) in [5.74, 6) is 0.893. The summed E-state index contributed by atoms with van der Waals surface area (Å²) in [5, 5.41) is 3.69. The molecule has 1 N–H and O–H groups in total. The molecule has 1 saturated heterocycles. The second-order valence-corrected chi connectivity index (χ2v) is 6.67. The molecule has 1 aliphatic heterocycles. The van der Waals surface area contributed by atoms with E-state index in [0.717, 1.165) is 37.7 Å². The third-order valence-corrected chi connectivity index (χ3v) is 4.55. The summed E-state index contributed by atoms with van der Waals surface area (Å²) in [5.41, 5.74) is 0.0578. The van der Waals surface area contributed by atoms with Crippen molar-refractivity contribution in [2.24, 2.45) is 5.92 Å². The standard InChI is InChI=1S/C14H26N2O/c1-14(2)10-16(7-8-17-14)13-6-3-11(13)9-15-12-4-5-12/h11-13,15H,3-10H2,1-2H3. The first kappa shape index (κ1) is 11.9. The van der Waals surface area contributed by atoms with Crippen LogP contribution in [0.3, 0.4) is 0 Å². The zero-order chi connectivity index (χ0) is 11.9. The Balaban J connectivity index is 1.49. The highest BCUT2D eigenvalue weighted by atomic mass is 16.5. The number of hydrogen-bond acceptors (Lipinski definition) is 3. The van der Waals surface area contributed by atoms with E-state index in [1.54, 1.807) is 0 Å². The molecule has 2 unspecified atom stereocenters. The second kappa shape index (κ2) is 4.52. The first-order chi connectivity index (χ1) is 8.14. The normalized spacial score (nSPS) is 37.8. The Bertz CT molecular complexity index is 275. The Labute approximate surface area is 105 Å². The molecule has 0 aromatic carbocycles. The molecule has 2 atom stereocenters. The zero-order valence-corrected chi connectivity index (χ0v) is 11.2. The molecule has 17 heavy (non-hydrogen) atoms. The lowest BCUT2D eigenvalue weighted by molar-refractivity contribution is -0.114. The van der Waals surface area contributed by atoms with Gasteiger partial charge in [0.1, 0.15) is 0 Å². The molecule has 2 saturated carbocycles. The van der Waals surface area contributed by atoms with Crippen molar-refractivity contribution in [2.75, 3.05) is 26.2 Å². The first-order valence-electron chi connectivity index (χ1n) is 7.25. The van der Waals surface area contributed by atoms with E-state index in [1.807, 2.05) is 0 Å². The molecule has 3 heteroatoms. The topological polar surface area (TPSA) is 24.5 Å². The fourth-order valence-corrected chi connectivity index (χ4v) is 3.21. The summed E-state index contributed by atoms with van der Waals surface area (Å²) in [6, 6.07) is 1.68. The van der Waals surface area contributed by atoms with E-state index in [0.29, 0.717) is 0 Å². The van der Waals surface area contributed by atoms with Gasteiger partial charge in [0.05, 0.1) is 12.2 Å². The van der Waals surface area contributed by atoms with E-state index in [9.17, 15) is 0 Å². The predicted molar refractivity (Wildman–Crippen MR) is 69.1 cm³/mol. The van der Waals surface area contributed by atoms with E-state index in [1.165, 1.54) is 32.2 Å². The third-order valence-electron chi connectivity index (χ3n) is 4.55. The minimum absolute atomic E-state index is 0.0578. The van der Waals surface area contributed by atoms with Gasteiger partial charge in [-0.15, -0.1) is 0 Å². The smallest absolute Gasteiger partial charge is 0.0753 e. The maximum atomic E-state index is 5.80. The van der Waals surface area contributed by atoms with Crippen molar-refractivity contribution in [1.82, 2.24) is 10.2 Å². The van der Waals surface area contributed by atoms with Crippen LogP contribution in [0.15, 0.2) is 0 Å². The lowest BCUT2D eigenvalue weighted by atomic mass is 9.77. The van der Waals surface area contributed by atoms with Crippen LogP contribution in [0.5, 0.6) is 0 Å². The van der Waals surface area contributed by atoms with E-state index in [2.05, 4.69) is 24.1 Å². The van der Waals surface area contributed by atoms with Gasteiger partial charge in [0.25, 0.3) is 0 Å². The Morgan fingerprint density at radius 2 is 2.06 bits per heavy atom. The van der Waals surface area contributed by atoms with Crippen molar-refractivity contribution in [1.29, 1.82) is 0 Å². The molecule has 98 valence electrons. The van der Waals surface area contributed by atoms with Crippen LogP contribution < -0.4 is 5.32 Å². The molecule has 0 amide bonds. The summed E-state index contributed by atoms with van der Waals surface area (Å²) in [4.78, 5) is 2.67. The molecule has 3 rings (SSSR count). The molecule has 0 bridgehead atoms. The van der Waals surface area contributed by atoms with E-state index < -0.39 is 0 Å². The number of nitrogens with zero attached hydrogens (tertiary/aromatic N) is 1. The highest BCUT2D eigenvalue weighted by molar-refractivity contribution is 4.95. The van der Waals surface area contributed by atoms with Gasteiger partial charge >= 0.3 is 0 Å². The quantitative estimate of drug-likeness (QED) is 0.805. The highest BCUT2D eigenvalue weighted by Crippen LogP contribution is 2.34. The van der Waals surface area contributed by atoms with Gasteiger partial charge in [-0.25, -0.2) is 0 Å².